The van der Waals surface area contributed by atoms with Crippen LogP contribution >= 0.6 is 11.8 Å². The molecule has 0 fully saturated rings. The average molecular weight is 448 g/mol. The Hall–Kier alpha value is -2.79. The Morgan fingerprint density at radius 2 is 1.69 bits per heavy atom. The predicted octanol–water partition coefficient (Wildman–Crippen LogP) is 5.34. The normalized spacial score (nSPS) is 20.6. The van der Waals surface area contributed by atoms with Crippen molar-refractivity contribution >= 4 is 23.5 Å². The number of hydrogen-bond acceptors (Lipinski definition) is 5. The van der Waals surface area contributed by atoms with Gasteiger partial charge in [0.25, 0.3) is 0 Å². The number of Topliss-reactive ketones (excluding diaryl/α,β-unsaturated/α-hetero) is 1. The average Bonchev–Trinajstić information content (AvgIpc) is 2.82. The van der Waals surface area contributed by atoms with Gasteiger partial charge < -0.3 is 10.1 Å². The topological polar surface area (TPSA) is 55.4 Å². The van der Waals surface area contributed by atoms with Crippen LogP contribution in [0.2, 0.25) is 0 Å². The third-order valence-corrected chi connectivity index (χ3v) is 6.98. The van der Waals surface area contributed by atoms with E-state index >= 15 is 0 Å². The zero-order valence-electron chi connectivity index (χ0n) is 18.6. The maximum atomic E-state index is 13.5. The highest BCUT2D eigenvalue weighted by molar-refractivity contribution is 7.99. The van der Waals surface area contributed by atoms with Gasteiger partial charge in [-0.2, -0.15) is 11.8 Å². The fourth-order valence-electron chi connectivity index (χ4n) is 4.66. The summed E-state index contributed by atoms with van der Waals surface area (Å²) in [5.74, 6) is 1.25. The number of esters is 1. The first-order valence-electron chi connectivity index (χ1n) is 11.2. The molecule has 2 aromatic rings. The van der Waals surface area contributed by atoms with Crippen LogP contribution in [0.3, 0.4) is 0 Å². The van der Waals surface area contributed by atoms with Crippen molar-refractivity contribution in [3.8, 4) is 0 Å². The third-order valence-electron chi connectivity index (χ3n) is 6.12. The number of ketones is 1. The monoisotopic (exact) mass is 447 g/mol. The van der Waals surface area contributed by atoms with Crippen LogP contribution in [0, 0.1) is 0 Å². The Kier molecular flexibility index (Phi) is 7.15. The van der Waals surface area contributed by atoms with Crippen molar-refractivity contribution in [2.45, 2.75) is 38.5 Å². The maximum absolute atomic E-state index is 13.5. The van der Waals surface area contributed by atoms with E-state index in [0.29, 0.717) is 24.2 Å². The van der Waals surface area contributed by atoms with Gasteiger partial charge in [0.15, 0.2) is 5.78 Å². The van der Waals surface area contributed by atoms with Gasteiger partial charge in [0.1, 0.15) is 6.61 Å². The van der Waals surface area contributed by atoms with Crippen LogP contribution in [-0.4, -0.2) is 29.9 Å². The number of ether oxygens (including phenoxy) is 1. The van der Waals surface area contributed by atoms with Gasteiger partial charge in [0.2, 0.25) is 0 Å². The lowest BCUT2D eigenvalue weighted by Crippen LogP contribution is -2.36. The van der Waals surface area contributed by atoms with E-state index in [1.54, 1.807) is 11.8 Å². The predicted molar refractivity (Wildman–Crippen MR) is 129 cm³/mol. The molecule has 4 rings (SSSR count). The van der Waals surface area contributed by atoms with Crippen molar-refractivity contribution < 1.29 is 14.3 Å². The molecule has 1 heterocycles. The molecular formula is C27H29NO3S. The molecule has 5 heteroatoms. The van der Waals surface area contributed by atoms with E-state index in [2.05, 4.69) is 24.4 Å². The van der Waals surface area contributed by atoms with Gasteiger partial charge in [0.05, 0.1) is 5.57 Å². The molecule has 0 bridgehead atoms. The van der Waals surface area contributed by atoms with E-state index in [-0.39, 0.29) is 17.7 Å². The number of thioether (sulfide) groups is 1. The first-order chi connectivity index (χ1) is 15.6. The summed E-state index contributed by atoms with van der Waals surface area (Å²) in [4.78, 5) is 26.7. The molecule has 32 heavy (non-hydrogen) atoms. The summed E-state index contributed by atoms with van der Waals surface area (Å²) in [6.07, 6.45) is 1.20. The third kappa shape index (κ3) is 4.68. The van der Waals surface area contributed by atoms with Gasteiger partial charge in [-0.25, -0.2) is 4.79 Å². The van der Waals surface area contributed by atoms with Crippen molar-refractivity contribution in [1.82, 2.24) is 5.32 Å². The quantitative estimate of drug-likeness (QED) is 0.458. The van der Waals surface area contributed by atoms with Crippen LogP contribution in [0.4, 0.5) is 0 Å². The molecule has 1 aliphatic carbocycles. The van der Waals surface area contributed by atoms with Gasteiger partial charge >= 0.3 is 5.97 Å². The van der Waals surface area contributed by atoms with Crippen molar-refractivity contribution in [3.05, 3.63) is 94.3 Å². The Morgan fingerprint density at radius 1 is 1.03 bits per heavy atom. The number of dihydropyridines is 1. The summed E-state index contributed by atoms with van der Waals surface area (Å²) in [5, 5.41) is 3.41. The Morgan fingerprint density at radius 3 is 2.34 bits per heavy atom. The number of hydrogen-bond donors (Lipinski definition) is 1. The van der Waals surface area contributed by atoms with E-state index in [9.17, 15) is 9.59 Å². The van der Waals surface area contributed by atoms with Crippen LogP contribution in [-0.2, 0) is 14.3 Å². The lowest BCUT2D eigenvalue weighted by Gasteiger charge is -2.36. The minimum atomic E-state index is -0.400. The highest BCUT2D eigenvalue weighted by atomic mass is 32.2. The van der Waals surface area contributed by atoms with Gasteiger partial charge in [-0.15, -0.1) is 0 Å². The summed E-state index contributed by atoms with van der Waals surface area (Å²) < 4.78 is 5.62. The molecule has 0 saturated carbocycles. The molecule has 2 aromatic carbocycles. The Balaban J connectivity index is 1.69. The molecule has 2 aliphatic rings. The second-order valence-electron chi connectivity index (χ2n) is 8.17. The second-order valence-corrected chi connectivity index (χ2v) is 9.57. The molecular weight excluding hydrogens is 418 g/mol. The van der Waals surface area contributed by atoms with E-state index in [1.165, 1.54) is 5.56 Å². The molecule has 0 amide bonds. The van der Waals surface area contributed by atoms with Crippen LogP contribution in [0.25, 0.3) is 0 Å². The molecule has 0 aromatic heterocycles. The second kappa shape index (κ2) is 10.2. The highest BCUT2D eigenvalue weighted by Crippen LogP contribution is 2.45. The first kappa shape index (κ1) is 22.4. The summed E-state index contributed by atoms with van der Waals surface area (Å²) >= 11 is 1.74. The zero-order valence-corrected chi connectivity index (χ0v) is 19.4. The largest absolute Gasteiger partial charge is 0.461 e. The lowest BCUT2D eigenvalue weighted by atomic mass is 9.72. The van der Waals surface area contributed by atoms with Gasteiger partial charge in [-0.1, -0.05) is 67.6 Å². The fraction of sp³-hybridized carbons (Fsp3) is 0.333. The summed E-state index contributed by atoms with van der Waals surface area (Å²) in [6, 6.07) is 20.0. The first-order valence-corrected chi connectivity index (χ1v) is 12.3. The van der Waals surface area contributed by atoms with Gasteiger partial charge in [-0.3, -0.25) is 4.79 Å². The smallest absolute Gasteiger partial charge is 0.336 e. The summed E-state index contributed by atoms with van der Waals surface area (Å²) in [7, 11) is 0. The van der Waals surface area contributed by atoms with Gasteiger partial charge in [-0.05, 0) is 36.1 Å². The van der Waals surface area contributed by atoms with Crippen LogP contribution < -0.4 is 5.32 Å². The van der Waals surface area contributed by atoms with E-state index in [4.69, 9.17) is 4.74 Å². The summed E-state index contributed by atoms with van der Waals surface area (Å²) in [5.41, 5.74) is 5.08. The maximum Gasteiger partial charge on any atom is 0.336 e. The number of rotatable bonds is 7. The van der Waals surface area contributed by atoms with E-state index < -0.39 is 5.92 Å². The molecule has 2 atom stereocenters. The molecule has 1 aliphatic heterocycles. The van der Waals surface area contributed by atoms with E-state index in [1.807, 2.05) is 55.5 Å². The number of carbonyl (C=O) groups excluding carboxylic acids is 2. The zero-order chi connectivity index (χ0) is 22.5. The lowest BCUT2D eigenvalue weighted by molar-refractivity contribution is -0.138. The highest BCUT2D eigenvalue weighted by Gasteiger charge is 2.41. The van der Waals surface area contributed by atoms with Crippen LogP contribution in [0.1, 0.15) is 49.7 Å². The molecule has 0 radical (unpaired) electrons. The fourth-order valence-corrected chi connectivity index (χ4v) is 5.15. The van der Waals surface area contributed by atoms with Crippen LogP contribution in [0.5, 0.6) is 0 Å². The van der Waals surface area contributed by atoms with Crippen molar-refractivity contribution in [3.63, 3.8) is 0 Å². The van der Waals surface area contributed by atoms with E-state index in [0.717, 1.165) is 34.9 Å². The van der Waals surface area contributed by atoms with Crippen molar-refractivity contribution in [2.75, 3.05) is 18.1 Å². The van der Waals surface area contributed by atoms with Crippen molar-refractivity contribution in [1.29, 1.82) is 0 Å². The number of nitrogens with one attached hydrogen (secondary N) is 1. The minimum Gasteiger partial charge on any atom is -0.461 e. The molecule has 0 spiro atoms. The molecule has 0 saturated heterocycles. The number of carbonyl (C=O) groups is 2. The standard InChI is InChI=1S/C27H29NO3S/c1-3-32-15-14-31-27(30)24-18(2)28-22-16-21(19-10-6-4-7-11-19)17-23(29)26(22)25(24)20-12-8-5-9-13-20/h4-13,21,25,28H,3,14-17H2,1-2H3/t21-,25-/m0/s1. The molecule has 166 valence electrons. The Bertz CT molecular complexity index is 1040. The van der Waals surface area contributed by atoms with Gasteiger partial charge in [0, 0.05) is 35.1 Å². The van der Waals surface area contributed by atoms with Crippen molar-refractivity contribution in [2.24, 2.45) is 0 Å². The SMILES string of the molecule is CCSCCOC(=O)C1=C(C)NC2=C(C(=O)C[C@@H](c3ccccc3)C2)[C@H]1c1ccccc1. The van der Waals surface area contributed by atoms with Crippen LogP contribution in [0.15, 0.2) is 83.2 Å². The number of benzene rings is 2. The molecule has 1 N–H and O–H groups in total. The minimum absolute atomic E-state index is 0.0980. The Labute approximate surface area is 194 Å². The number of allylic oxidation sites excluding steroid dienone is 3. The molecule has 4 nitrogen and oxygen atoms in total. The summed E-state index contributed by atoms with van der Waals surface area (Å²) in [6.45, 7) is 4.36. The molecule has 0 unspecified atom stereocenters.